The number of aryl methyl sites for hydroxylation is 1. The highest BCUT2D eigenvalue weighted by Crippen LogP contribution is 2.42. The fourth-order valence-electron chi connectivity index (χ4n) is 4.07. The van der Waals surface area contributed by atoms with Crippen molar-refractivity contribution in [2.45, 2.75) is 13.5 Å². The van der Waals surface area contributed by atoms with Gasteiger partial charge in [-0.05, 0) is 63.5 Å². The number of nitrogens with zero attached hydrogens (tertiary/aromatic N) is 3. The summed E-state index contributed by atoms with van der Waals surface area (Å²) in [5, 5.41) is 7.45. The van der Waals surface area contributed by atoms with Crippen LogP contribution in [-0.2, 0) is 6.61 Å². The van der Waals surface area contributed by atoms with Crippen LogP contribution < -0.4 is 15.0 Å². The minimum atomic E-state index is -0.274. The molecule has 0 unspecified atom stereocenters. The van der Waals surface area contributed by atoms with Crippen molar-refractivity contribution in [1.29, 1.82) is 0 Å². The third-order valence-corrected chi connectivity index (χ3v) is 7.85. The molecular formula is C28H20Br2ClN3O3. The number of hydrogen-bond acceptors (Lipinski definition) is 5. The summed E-state index contributed by atoms with van der Waals surface area (Å²) in [7, 11) is 1.55. The van der Waals surface area contributed by atoms with Gasteiger partial charge in [-0.3, -0.25) is 4.79 Å². The molecule has 0 saturated carbocycles. The molecule has 6 nitrogen and oxygen atoms in total. The fraction of sp³-hybridized carbons (Fsp3) is 0.107. The van der Waals surface area contributed by atoms with Crippen LogP contribution in [0.15, 0.2) is 85.6 Å². The summed E-state index contributed by atoms with van der Waals surface area (Å²) in [6, 6.07) is 21.3. The number of rotatable bonds is 6. The van der Waals surface area contributed by atoms with E-state index in [1.807, 2.05) is 30.3 Å². The van der Waals surface area contributed by atoms with Crippen molar-refractivity contribution in [2.24, 2.45) is 5.10 Å². The summed E-state index contributed by atoms with van der Waals surface area (Å²) in [5.41, 5.74) is 1.98. The standard InChI is InChI=1S/C28H20Br2ClN3O3/c1-16-33-23-11-10-20(29)13-22(23)28(35)34(16)32-14-19-12-24(36-2)27(26(31)25(19)30)37-15-18-8-5-7-17-6-3-4-9-21(17)18/h3-14H,15H2,1-2H3. The highest BCUT2D eigenvalue weighted by atomic mass is 79.9. The van der Waals surface area contributed by atoms with Crippen LogP contribution in [0.1, 0.15) is 17.0 Å². The second kappa shape index (κ2) is 10.7. The van der Waals surface area contributed by atoms with Gasteiger partial charge in [0.1, 0.15) is 17.5 Å². The molecular weight excluding hydrogens is 622 g/mol. The van der Waals surface area contributed by atoms with Gasteiger partial charge in [0.05, 0.1) is 24.2 Å². The van der Waals surface area contributed by atoms with E-state index in [0.717, 1.165) is 20.8 Å². The molecule has 0 aliphatic carbocycles. The quantitative estimate of drug-likeness (QED) is 0.180. The van der Waals surface area contributed by atoms with Gasteiger partial charge in [-0.1, -0.05) is 70.0 Å². The summed E-state index contributed by atoms with van der Waals surface area (Å²) in [4.78, 5) is 17.6. The van der Waals surface area contributed by atoms with E-state index in [2.05, 4.69) is 60.1 Å². The summed E-state index contributed by atoms with van der Waals surface area (Å²) < 4.78 is 14.3. The van der Waals surface area contributed by atoms with E-state index < -0.39 is 0 Å². The van der Waals surface area contributed by atoms with Gasteiger partial charge in [0.2, 0.25) is 0 Å². The fourth-order valence-corrected chi connectivity index (χ4v) is 5.08. The van der Waals surface area contributed by atoms with Crippen LogP contribution in [0.5, 0.6) is 11.5 Å². The number of benzene rings is 4. The molecule has 186 valence electrons. The molecule has 37 heavy (non-hydrogen) atoms. The maximum atomic E-state index is 13.1. The van der Waals surface area contributed by atoms with Gasteiger partial charge in [-0.15, -0.1) is 0 Å². The van der Waals surface area contributed by atoms with Crippen molar-refractivity contribution in [3.63, 3.8) is 0 Å². The topological polar surface area (TPSA) is 65.7 Å². The van der Waals surface area contributed by atoms with Crippen LogP contribution in [0.25, 0.3) is 21.7 Å². The van der Waals surface area contributed by atoms with Crippen LogP contribution in [-0.4, -0.2) is 23.0 Å². The van der Waals surface area contributed by atoms with Crippen molar-refractivity contribution < 1.29 is 9.47 Å². The molecule has 4 aromatic carbocycles. The summed E-state index contributed by atoms with van der Waals surface area (Å²) in [6.45, 7) is 2.04. The zero-order valence-electron chi connectivity index (χ0n) is 19.8. The molecule has 0 bridgehead atoms. The molecule has 0 aliphatic rings. The zero-order chi connectivity index (χ0) is 26.1. The molecule has 1 heterocycles. The van der Waals surface area contributed by atoms with E-state index in [1.54, 1.807) is 32.2 Å². The van der Waals surface area contributed by atoms with E-state index in [0.29, 0.717) is 49.9 Å². The second-order valence-electron chi connectivity index (χ2n) is 8.23. The molecule has 5 aromatic rings. The highest BCUT2D eigenvalue weighted by Gasteiger charge is 2.18. The zero-order valence-corrected chi connectivity index (χ0v) is 23.8. The second-order valence-corrected chi connectivity index (χ2v) is 10.3. The van der Waals surface area contributed by atoms with Gasteiger partial charge in [0, 0.05) is 14.5 Å². The third-order valence-electron chi connectivity index (χ3n) is 5.91. The lowest BCUT2D eigenvalue weighted by molar-refractivity contribution is 0.285. The maximum absolute atomic E-state index is 13.1. The number of aromatic nitrogens is 2. The van der Waals surface area contributed by atoms with Crippen LogP contribution >= 0.6 is 43.5 Å². The lowest BCUT2D eigenvalue weighted by Gasteiger charge is -2.16. The smallest absolute Gasteiger partial charge is 0.282 e. The molecule has 0 atom stereocenters. The first-order chi connectivity index (χ1) is 17.9. The molecule has 0 spiro atoms. The normalized spacial score (nSPS) is 11.5. The van der Waals surface area contributed by atoms with Crippen LogP contribution in [0, 0.1) is 6.92 Å². The van der Waals surface area contributed by atoms with E-state index in [-0.39, 0.29) is 5.56 Å². The molecule has 0 aliphatic heterocycles. The average molecular weight is 642 g/mol. The van der Waals surface area contributed by atoms with Gasteiger partial charge >= 0.3 is 0 Å². The number of methoxy groups -OCH3 is 1. The van der Waals surface area contributed by atoms with Crippen molar-refractivity contribution in [3.8, 4) is 11.5 Å². The molecule has 0 N–H and O–H groups in total. The van der Waals surface area contributed by atoms with E-state index in [1.165, 1.54) is 10.9 Å². The maximum Gasteiger partial charge on any atom is 0.282 e. The first-order valence-corrected chi connectivity index (χ1v) is 13.2. The Labute approximate surface area is 234 Å². The summed E-state index contributed by atoms with van der Waals surface area (Å²) in [5.74, 6) is 1.31. The molecule has 0 radical (unpaired) electrons. The Morgan fingerprint density at radius 1 is 1.05 bits per heavy atom. The van der Waals surface area contributed by atoms with Crippen LogP contribution in [0.3, 0.4) is 0 Å². The molecule has 0 saturated heterocycles. The lowest BCUT2D eigenvalue weighted by Crippen LogP contribution is -2.20. The van der Waals surface area contributed by atoms with Crippen molar-refractivity contribution in [3.05, 3.63) is 108 Å². The Hall–Kier alpha value is -3.20. The van der Waals surface area contributed by atoms with Crippen molar-refractivity contribution >= 4 is 71.4 Å². The minimum absolute atomic E-state index is 0.274. The molecule has 0 amide bonds. The number of fused-ring (bicyclic) bond motifs is 2. The van der Waals surface area contributed by atoms with Crippen molar-refractivity contribution in [1.82, 2.24) is 9.66 Å². The Balaban J connectivity index is 1.49. The monoisotopic (exact) mass is 639 g/mol. The van der Waals surface area contributed by atoms with Crippen LogP contribution in [0.4, 0.5) is 0 Å². The molecule has 1 aromatic heterocycles. The van der Waals surface area contributed by atoms with Gasteiger partial charge < -0.3 is 9.47 Å². The predicted octanol–water partition coefficient (Wildman–Crippen LogP) is 7.51. The van der Waals surface area contributed by atoms with Gasteiger partial charge in [0.25, 0.3) is 5.56 Å². The molecule has 9 heteroatoms. The first kappa shape index (κ1) is 25.4. The van der Waals surface area contributed by atoms with Gasteiger partial charge in [-0.2, -0.15) is 9.78 Å². The van der Waals surface area contributed by atoms with E-state index >= 15 is 0 Å². The summed E-state index contributed by atoms with van der Waals surface area (Å²) in [6.07, 6.45) is 1.53. The first-order valence-electron chi connectivity index (χ1n) is 11.3. The van der Waals surface area contributed by atoms with Crippen molar-refractivity contribution in [2.75, 3.05) is 7.11 Å². The Morgan fingerprint density at radius 2 is 1.84 bits per heavy atom. The van der Waals surface area contributed by atoms with Gasteiger partial charge in [-0.25, -0.2) is 4.98 Å². The Kier molecular flexibility index (Phi) is 7.33. The average Bonchev–Trinajstić information content (AvgIpc) is 2.90. The highest BCUT2D eigenvalue weighted by molar-refractivity contribution is 9.10. The van der Waals surface area contributed by atoms with Gasteiger partial charge in [0.15, 0.2) is 11.5 Å². The Bertz CT molecular complexity index is 1750. The number of ether oxygens (including phenoxy) is 2. The van der Waals surface area contributed by atoms with E-state index in [9.17, 15) is 4.79 Å². The number of hydrogen-bond donors (Lipinski definition) is 0. The molecule has 5 rings (SSSR count). The largest absolute Gasteiger partial charge is 0.493 e. The summed E-state index contributed by atoms with van der Waals surface area (Å²) >= 11 is 13.7. The number of halogens is 3. The van der Waals surface area contributed by atoms with Crippen LogP contribution in [0.2, 0.25) is 5.02 Å². The lowest BCUT2D eigenvalue weighted by atomic mass is 10.1. The minimum Gasteiger partial charge on any atom is -0.493 e. The predicted molar refractivity (Wildman–Crippen MR) is 155 cm³/mol. The third kappa shape index (κ3) is 5.01. The molecule has 0 fully saturated rings. The Morgan fingerprint density at radius 3 is 2.65 bits per heavy atom. The van der Waals surface area contributed by atoms with E-state index in [4.69, 9.17) is 21.1 Å². The SMILES string of the molecule is COc1cc(C=Nn2c(C)nc3ccc(Br)cc3c2=O)c(Br)c(Cl)c1OCc1cccc2ccccc12.